The summed E-state index contributed by atoms with van der Waals surface area (Å²) < 4.78 is 9.81. The molecule has 0 saturated heterocycles. The quantitative estimate of drug-likeness (QED) is 0.662. The number of hydrazine groups is 1. The molecule has 1 aromatic heterocycles. The average molecular weight is 226 g/mol. The van der Waals surface area contributed by atoms with E-state index in [0.717, 1.165) is 0 Å². The third-order valence-corrected chi connectivity index (χ3v) is 1.59. The summed E-state index contributed by atoms with van der Waals surface area (Å²) in [7, 11) is 1.50. The lowest BCUT2D eigenvalue weighted by Gasteiger charge is -2.07. The average Bonchev–Trinajstić information content (AvgIpc) is 2.34. The number of anilines is 1. The number of methoxy groups -OCH3 is 1. The van der Waals surface area contributed by atoms with Gasteiger partial charge < -0.3 is 9.47 Å². The number of nitrogens with one attached hydrogen (secondary N) is 2. The molecule has 0 atom stereocenters. The zero-order valence-electron chi connectivity index (χ0n) is 9.19. The van der Waals surface area contributed by atoms with Crippen LogP contribution < -0.4 is 15.6 Å². The van der Waals surface area contributed by atoms with Crippen LogP contribution in [0.1, 0.15) is 6.92 Å². The Morgan fingerprint density at radius 2 is 2.38 bits per heavy atom. The Balaban J connectivity index is 2.38. The molecule has 2 N–H and O–H groups in total. The molecule has 7 heteroatoms. The predicted octanol–water partition coefficient (Wildman–Crippen LogP) is -0.0352. The molecule has 0 radical (unpaired) electrons. The van der Waals surface area contributed by atoms with Crippen LogP contribution in [0.25, 0.3) is 0 Å². The lowest BCUT2D eigenvalue weighted by Crippen LogP contribution is -2.33. The Morgan fingerprint density at radius 3 is 3.06 bits per heavy atom. The fraction of sp³-hybridized carbons (Fsp3) is 0.444. The first-order valence-electron chi connectivity index (χ1n) is 4.76. The van der Waals surface area contributed by atoms with E-state index in [2.05, 4.69) is 20.8 Å². The van der Waals surface area contributed by atoms with E-state index in [0.29, 0.717) is 12.5 Å². The lowest BCUT2D eigenvalue weighted by molar-refractivity contribution is -0.125. The van der Waals surface area contributed by atoms with Gasteiger partial charge in [-0.3, -0.25) is 15.6 Å². The molecule has 0 spiro atoms. The van der Waals surface area contributed by atoms with Gasteiger partial charge in [0.25, 0.3) is 5.91 Å². The van der Waals surface area contributed by atoms with Crippen molar-refractivity contribution in [2.75, 3.05) is 25.7 Å². The summed E-state index contributed by atoms with van der Waals surface area (Å²) in [5.41, 5.74) is 4.94. The number of aromatic nitrogens is 2. The van der Waals surface area contributed by atoms with Crippen LogP contribution in [0.3, 0.4) is 0 Å². The molecule has 0 aliphatic rings. The first-order valence-corrected chi connectivity index (χ1v) is 4.76. The van der Waals surface area contributed by atoms with Gasteiger partial charge in [-0.2, -0.15) is 4.98 Å². The standard InChI is InChI=1S/C9H14N4O3/c1-3-16-6-7(14)12-13-9-10-5-4-8(11-9)15-2/h4-5H,3,6H2,1-2H3,(H,12,14)(H,10,11,13). The number of amides is 1. The first kappa shape index (κ1) is 12.2. The fourth-order valence-electron chi connectivity index (χ4n) is 0.873. The monoisotopic (exact) mass is 226 g/mol. The number of carbonyl (C=O) groups excluding carboxylic acids is 1. The van der Waals surface area contributed by atoms with Crippen molar-refractivity contribution in [2.45, 2.75) is 6.92 Å². The van der Waals surface area contributed by atoms with Gasteiger partial charge in [-0.25, -0.2) is 4.98 Å². The normalized spacial score (nSPS) is 9.62. The third-order valence-electron chi connectivity index (χ3n) is 1.59. The lowest BCUT2D eigenvalue weighted by atomic mass is 10.6. The van der Waals surface area contributed by atoms with Gasteiger partial charge in [0.2, 0.25) is 11.8 Å². The molecule has 0 unspecified atom stereocenters. The molecule has 0 aliphatic carbocycles. The molecule has 0 bridgehead atoms. The Labute approximate surface area is 93.2 Å². The highest BCUT2D eigenvalue weighted by Gasteiger charge is 2.02. The minimum atomic E-state index is -0.298. The molecule has 88 valence electrons. The molecule has 0 saturated carbocycles. The molecular weight excluding hydrogens is 212 g/mol. The second-order valence-corrected chi connectivity index (χ2v) is 2.73. The van der Waals surface area contributed by atoms with Gasteiger partial charge in [-0.15, -0.1) is 0 Å². The maximum Gasteiger partial charge on any atom is 0.264 e. The van der Waals surface area contributed by atoms with Crippen LogP contribution in [-0.2, 0) is 9.53 Å². The molecule has 1 aromatic rings. The van der Waals surface area contributed by atoms with E-state index < -0.39 is 0 Å². The smallest absolute Gasteiger partial charge is 0.264 e. The van der Waals surface area contributed by atoms with Gasteiger partial charge in [-0.05, 0) is 6.92 Å². The van der Waals surface area contributed by atoms with Crippen LogP contribution in [-0.4, -0.2) is 36.2 Å². The third kappa shape index (κ3) is 4.09. The van der Waals surface area contributed by atoms with Crippen LogP contribution >= 0.6 is 0 Å². The largest absolute Gasteiger partial charge is 0.481 e. The van der Waals surface area contributed by atoms with E-state index in [-0.39, 0.29) is 18.5 Å². The molecule has 1 amide bonds. The van der Waals surface area contributed by atoms with E-state index >= 15 is 0 Å². The molecule has 1 heterocycles. The zero-order chi connectivity index (χ0) is 11.8. The highest BCUT2D eigenvalue weighted by molar-refractivity contribution is 5.78. The number of carbonyl (C=O) groups is 1. The molecule has 0 aromatic carbocycles. The van der Waals surface area contributed by atoms with Crippen molar-refractivity contribution in [1.82, 2.24) is 15.4 Å². The Morgan fingerprint density at radius 1 is 1.56 bits per heavy atom. The number of rotatable bonds is 6. The molecular formula is C9H14N4O3. The van der Waals surface area contributed by atoms with Crippen LogP contribution in [0, 0.1) is 0 Å². The summed E-state index contributed by atoms with van der Waals surface area (Å²) in [6.45, 7) is 2.29. The van der Waals surface area contributed by atoms with Gasteiger partial charge in [0.1, 0.15) is 6.61 Å². The van der Waals surface area contributed by atoms with Crippen molar-refractivity contribution < 1.29 is 14.3 Å². The summed E-state index contributed by atoms with van der Waals surface area (Å²) in [6, 6.07) is 1.60. The predicted molar refractivity (Wildman–Crippen MR) is 56.8 cm³/mol. The van der Waals surface area contributed by atoms with E-state index in [1.54, 1.807) is 6.07 Å². The van der Waals surface area contributed by atoms with Gasteiger partial charge in [-0.1, -0.05) is 0 Å². The van der Waals surface area contributed by atoms with E-state index in [1.165, 1.54) is 13.3 Å². The highest BCUT2D eigenvalue weighted by Crippen LogP contribution is 2.05. The summed E-state index contributed by atoms with van der Waals surface area (Å²) in [6.07, 6.45) is 1.52. The summed E-state index contributed by atoms with van der Waals surface area (Å²) in [5.74, 6) is 0.369. The number of nitrogens with zero attached hydrogens (tertiary/aromatic N) is 2. The number of ether oxygens (including phenoxy) is 2. The minimum Gasteiger partial charge on any atom is -0.481 e. The van der Waals surface area contributed by atoms with Gasteiger partial charge in [0, 0.05) is 18.9 Å². The van der Waals surface area contributed by atoms with E-state index in [4.69, 9.17) is 9.47 Å². The van der Waals surface area contributed by atoms with Gasteiger partial charge in [0.15, 0.2) is 0 Å². The minimum absolute atomic E-state index is 0.00648. The van der Waals surface area contributed by atoms with E-state index in [9.17, 15) is 4.79 Å². The molecule has 0 aliphatic heterocycles. The Bertz CT molecular complexity index is 345. The molecule has 1 rings (SSSR count). The second-order valence-electron chi connectivity index (χ2n) is 2.73. The van der Waals surface area contributed by atoms with Crippen LogP contribution in [0.5, 0.6) is 5.88 Å². The van der Waals surface area contributed by atoms with Crippen LogP contribution in [0.15, 0.2) is 12.3 Å². The fourth-order valence-corrected chi connectivity index (χ4v) is 0.873. The SMILES string of the molecule is CCOCC(=O)NNc1nccc(OC)n1. The second kappa shape index (κ2) is 6.57. The maximum absolute atomic E-state index is 11.1. The Kier molecular flexibility index (Phi) is 5.00. The van der Waals surface area contributed by atoms with Crippen molar-refractivity contribution in [3.8, 4) is 5.88 Å². The van der Waals surface area contributed by atoms with E-state index in [1.807, 2.05) is 6.92 Å². The highest BCUT2D eigenvalue weighted by atomic mass is 16.5. The Hall–Kier alpha value is -1.89. The van der Waals surface area contributed by atoms with Gasteiger partial charge in [0.05, 0.1) is 7.11 Å². The van der Waals surface area contributed by atoms with Crippen molar-refractivity contribution in [2.24, 2.45) is 0 Å². The summed E-state index contributed by atoms with van der Waals surface area (Å²) >= 11 is 0. The number of hydrogen-bond donors (Lipinski definition) is 2. The summed E-state index contributed by atoms with van der Waals surface area (Å²) in [4.78, 5) is 19.0. The van der Waals surface area contributed by atoms with Gasteiger partial charge >= 0.3 is 0 Å². The molecule has 16 heavy (non-hydrogen) atoms. The summed E-state index contributed by atoms with van der Waals surface area (Å²) in [5, 5.41) is 0. The number of hydrogen-bond acceptors (Lipinski definition) is 6. The maximum atomic E-state index is 11.1. The first-order chi connectivity index (χ1) is 7.76. The van der Waals surface area contributed by atoms with Crippen molar-refractivity contribution in [3.63, 3.8) is 0 Å². The topological polar surface area (TPSA) is 85.4 Å². The molecule has 0 fully saturated rings. The zero-order valence-corrected chi connectivity index (χ0v) is 9.19. The van der Waals surface area contributed by atoms with Crippen molar-refractivity contribution in [3.05, 3.63) is 12.3 Å². The molecule has 7 nitrogen and oxygen atoms in total. The van der Waals surface area contributed by atoms with Crippen molar-refractivity contribution >= 4 is 11.9 Å². The van der Waals surface area contributed by atoms with Crippen LogP contribution in [0.4, 0.5) is 5.95 Å². The van der Waals surface area contributed by atoms with Crippen molar-refractivity contribution in [1.29, 1.82) is 0 Å². The van der Waals surface area contributed by atoms with Crippen LogP contribution in [0.2, 0.25) is 0 Å².